The van der Waals surface area contributed by atoms with Crippen molar-refractivity contribution in [2.45, 2.75) is 33.5 Å². The van der Waals surface area contributed by atoms with Crippen molar-refractivity contribution in [3.8, 4) is 0 Å². The topological polar surface area (TPSA) is 67.1 Å². The van der Waals surface area contributed by atoms with Crippen LogP contribution in [0.2, 0.25) is 0 Å². The maximum Gasteiger partial charge on any atom is 0.192 e. The summed E-state index contributed by atoms with van der Waals surface area (Å²) in [5, 5.41) is 15.1. The monoisotopic (exact) mass is 362 g/mol. The van der Waals surface area contributed by atoms with Crippen molar-refractivity contribution in [1.29, 1.82) is 0 Å². The quantitative estimate of drug-likeness (QED) is 0.523. The van der Waals surface area contributed by atoms with Gasteiger partial charge in [-0.25, -0.2) is 4.99 Å². The largest absolute Gasteiger partial charge is 0.352 e. The molecule has 0 saturated carbocycles. The molecule has 1 aromatic heterocycles. The van der Waals surface area contributed by atoms with Gasteiger partial charge in [-0.2, -0.15) is 0 Å². The Hall–Kier alpha value is -3.15. The first-order valence-electron chi connectivity index (χ1n) is 9.08. The third-order valence-corrected chi connectivity index (χ3v) is 4.44. The third kappa shape index (κ3) is 5.41. The summed E-state index contributed by atoms with van der Waals surface area (Å²) in [6, 6.07) is 18.7. The van der Waals surface area contributed by atoms with Gasteiger partial charge in [-0.15, -0.1) is 10.2 Å². The molecule has 0 saturated heterocycles. The van der Waals surface area contributed by atoms with Gasteiger partial charge in [0, 0.05) is 13.6 Å². The van der Waals surface area contributed by atoms with Crippen LogP contribution in [0, 0.1) is 13.8 Å². The number of aromatic nitrogens is 3. The van der Waals surface area contributed by atoms with Crippen molar-refractivity contribution in [3.05, 3.63) is 82.9 Å². The van der Waals surface area contributed by atoms with E-state index in [0.29, 0.717) is 19.6 Å². The fourth-order valence-electron chi connectivity index (χ4n) is 2.59. The molecule has 140 valence electrons. The number of nitrogens with one attached hydrogen (secondary N) is 2. The lowest BCUT2D eigenvalue weighted by molar-refractivity contribution is 0.714. The number of hydrogen-bond acceptors (Lipinski definition) is 3. The molecule has 2 aromatic carbocycles. The Morgan fingerprint density at radius 3 is 2.26 bits per heavy atom. The average Bonchev–Trinajstić information content (AvgIpc) is 3.01. The minimum absolute atomic E-state index is 0.561. The molecule has 0 unspecified atom stereocenters. The molecule has 0 aliphatic heterocycles. The molecule has 0 aliphatic carbocycles. The number of hydrogen-bond donors (Lipinski definition) is 2. The maximum atomic E-state index is 4.72. The molecule has 0 radical (unpaired) electrons. The second kappa shape index (κ2) is 8.98. The number of aryl methyl sites for hydroxylation is 2. The minimum Gasteiger partial charge on any atom is -0.352 e. The zero-order valence-corrected chi connectivity index (χ0v) is 16.1. The van der Waals surface area contributed by atoms with Gasteiger partial charge in [-0.3, -0.25) is 0 Å². The van der Waals surface area contributed by atoms with Crippen LogP contribution < -0.4 is 10.6 Å². The average molecular weight is 362 g/mol. The standard InChI is InChI=1S/C21H26N6/c1-16-9-11-19(12-10-16)14-23-21(22-13-18-7-5-4-6-8-18)24-15-20-26-25-17(2)27(20)3/h4-12H,13-15H2,1-3H3,(H2,22,23,24). The highest BCUT2D eigenvalue weighted by atomic mass is 15.3. The van der Waals surface area contributed by atoms with E-state index in [4.69, 9.17) is 4.99 Å². The van der Waals surface area contributed by atoms with E-state index >= 15 is 0 Å². The van der Waals surface area contributed by atoms with Crippen molar-refractivity contribution < 1.29 is 0 Å². The summed E-state index contributed by atoms with van der Waals surface area (Å²) in [7, 11) is 1.97. The highest BCUT2D eigenvalue weighted by molar-refractivity contribution is 5.79. The summed E-state index contributed by atoms with van der Waals surface area (Å²) in [5.41, 5.74) is 3.64. The second-order valence-electron chi connectivity index (χ2n) is 6.57. The molecule has 0 bridgehead atoms. The molecule has 3 rings (SSSR count). The van der Waals surface area contributed by atoms with Crippen LogP contribution >= 0.6 is 0 Å². The normalized spacial score (nSPS) is 11.4. The lowest BCUT2D eigenvalue weighted by Crippen LogP contribution is -2.37. The van der Waals surface area contributed by atoms with Gasteiger partial charge >= 0.3 is 0 Å². The first-order chi connectivity index (χ1) is 13.1. The summed E-state index contributed by atoms with van der Waals surface area (Å²) in [6.45, 7) is 5.91. The Kier molecular flexibility index (Phi) is 6.20. The van der Waals surface area contributed by atoms with E-state index < -0.39 is 0 Å². The van der Waals surface area contributed by atoms with Crippen molar-refractivity contribution in [2.24, 2.45) is 12.0 Å². The van der Waals surface area contributed by atoms with Gasteiger partial charge in [0.25, 0.3) is 0 Å². The van der Waals surface area contributed by atoms with Crippen LogP contribution in [-0.2, 0) is 26.7 Å². The summed E-state index contributed by atoms with van der Waals surface area (Å²) >= 11 is 0. The first kappa shape index (κ1) is 18.6. The molecular weight excluding hydrogens is 336 g/mol. The molecule has 0 atom stereocenters. The zero-order valence-electron chi connectivity index (χ0n) is 16.1. The highest BCUT2D eigenvalue weighted by Gasteiger charge is 2.06. The first-order valence-corrected chi connectivity index (χ1v) is 9.08. The molecule has 27 heavy (non-hydrogen) atoms. The molecule has 6 heteroatoms. The van der Waals surface area contributed by atoms with E-state index in [9.17, 15) is 0 Å². The predicted octanol–water partition coefficient (Wildman–Crippen LogP) is 2.87. The maximum absolute atomic E-state index is 4.72. The summed E-state index contributed by atoms with van der Waals surface area (Å²) in [5.74, 6) is 2.51. The Morgan fingerprint density at radius 2 is 1.59 bits per heavy atom. The van der Waals surface area contributed by atoms with E-state index in [0.717, 1.165) is 17.6 Å². The van der Waals surface area contributed by atoms with Gasteiger partial charge in [0.15, 0.2) is 11.8 Å². The molecule has 0 spiro atoms. The number of nitrogens with zero attached hydrogens (tertiary/aromatic N) is 4. The van der Waals surface area contributed by atoms with Crippen LogP contribution in [0.1, 0.15) is 28.3 Å². The predicted molar refractivity (Wildman–Crippen MR) is 108 cm³/mol. The summed E-state index contributed by atoms with van der Waals surface area (Å²) in [6.07, 6.45) is 0. The van der Waals surface area contributed by atoms with Crippen molar-refractivity contribution in [1.82, 2.24) is 25.4 Å². The van der Waals surface area contributed by atoms with E-state index in [1.54, 1.807) is 0 Å². The third-order valence-electron chi connectivity index (χ3n) is 4.44. The van der Waals surface area contributed by atoms with Crippen LogP contribution in [-0.4, -0.2) is 20.7 Å². The van der Waals surface area contributed by atoms with E-state index in [-0.39, 0.29) is 0 Å². The van der Waals surface area contributed by atoms with Gasteiger partial charge in [0.2, 0.25) is 0 Å². The van der Waals surface area contributed by atoms with Crippen molar-refractivity contribution >= 4 is 5.96 Å². The zero-order chi connectivity index (χ0) is 19.1. The lowest BCUT2D eigenvalue weighted by Gasteiger charge is -2.13. The second-order valence-corrected chi connectivity index (χ2v) is 6.57. The molecule has 0 fully saturated rings. The Morgan fingerprint density at radius 1 is 0.889 bits per heavy atom. The van der Waals surface area contributed by atoms with E-state index in [2.05, 4.69) is 64.2 Å². The van der Waals surface area contributed by atoms with Gasteiger partial charge in [0.1, 0.15) is 5.82 Å². The molecule has 2 N–H and O–H groups in total. The van der Waals surface area contributed by atoms with Crippen LogP contribution in [0.25, 0.3) is 0 Å². The van der Waals surface area contributed by atoms with Gasteiger partial charge in [-0.1, -0.05) is 60.2 Å². The molecule has 6 nitrogen and oxygen atoms in total. The highest BCUT2D eigenvalue weighted by Crippen LogP contribution is 2.04. The molecule has 0 aliphatic rings. The number of guanidine groups is 1. The lowest BCUT2D eigenvalue weighted by atomic mass is 10.1. The van der Waals surface area contributed by atoms with Crippen LogP contribution in [0.5, 0.6) is 0 Å². The minimum atomic E-state index is 0.561. The number of rotatable bonds is 6. The molecular formula is C21H26N6. The Bertz CT molecular complexity index is 881. The Balaban J connectivity index is 1.67. The van der Waals surface area contributed by atoms with Gasteiger partial charge < -0.3 is 15.2 Å². The molecule has 3 aromatic rings. The number of aliphatic imine (C=N–C) groups is 1. The fourth-order valence-corrected chi connectivity index (χ4v) is 2.59. The van der Waals surface area contributed by atoms with Crippen molar-refractivity contribution in [3.63, 3.8) is 0 Å². The van der Waals surface area contributed by atoms with Gasteiger partial charge in [-0.05, 0) is 25.0 Å². The van der Waals surface area contributed by atoms with Crippen LogP contribution in [0.3, 0.4) is 0 Å². The van der Waals surface area contributed by atoms with Crippen molar-refractivity contribution in [2.75, 3.05) is 0 Å². The van der Waals surface area contributed by atoms with E-state index in [1.165, 1.54) is 16.7 Å². The van der Waals surface area contributed by atoms with Gasteiger partial charge in [0.05, 0.1) is 13.1 Å². The van der Waals surface area contributed by atoms with Crippen LogP contribution in [0.15, 0.2) is 59.6 Å². The summed E-state index contributed by atoms with van der Waals surface area (Å²) in [4.78, 5) is 4.72. The number of benzene rings is 2. The fraction of sp³-hybridized carbons (Fsp3) is 0.286. The SMILES string of the molecule is Cc1ccc(CNC(=NCc2ccccc2)NCc2nnc(C)n2C)cc1. The molecule has 1 heterocycles. The molecule has 0 amide bonds. The van der Waals surface area contributed by atoms with Crippen LogP contribution in [0.4, 0.5) is 0 Å². The summed E-state index contributed by atoms with van der Waals surface area (Å²) < 4.78 is 1.97. The van der Waals surface area contributed by atoms with E-state index in [1.807, 2.05) is 36.7 Å². The smallest absolute Gasteiger partial charge is 0.192 e. The Labute approximate surface area is 160 Å².